The molecule has 0 unspecified atom stereocenters. The zero-order valence-corrected chi connectivity index (χ0v) is 12.1. The summed E-state index contributed by atoms with van der Waals surface area (Å²) in [7, 11) is 0. The molecule has 0 radical (unpaired) electrons. The van der Waals surface area contributed by atoms with Crippen molar-refractivity contribution in [1.82, 2.24) is 0 Å². The van der Waals surface area contributed by atoms with E-state index in [4.69, 9.17) is 18.9 Å². The molecule has 0 aromatic heterocycles. The van der Waals surface area contributed by atoms with Gasteiger partial charge in [-0.3, -0.25) is 0 Å². The van der Waals surface area contributed by atoms with E-state index in [-0.39, 0.29) is 0 Å². The summed E-state index contributed by atoms with van der Waals surface area (Å²) in [6, 6.07) is 7.49. The highest BCUT2D eigenvalue weighted by Crippen LogP contribution is 2.17. The number of benzene rings is 1. The van der Waals surface area contributed by atoms with E-state index in [1.807, 2.05) is 50.3 Å². The zero-order valence-electron chi connectivity index (χ0n) is 12.1. The van der Waals surface area contributed by atoms with Gasteiger partial charge in [0, 0.05) is 0 Å². The predicted octanol–water partition coefficient (Wildman–Crippen LogP) is 3.54. The predicted molar refractivity (Wildman–Crippen MR) is 79.0 cm³/mol. The molecule has 0 N–H and O–H groups in total. The minimum Gasteiger partial charge on any atom is -0.498 e. The Morgan fingerprint density at radius 3 is 1.45 bits per heavy atom. The van der Waals surface area contributed by atoms with Gasteiger partial charge < -0.3 is 18.9 Å². The molecule has 0 atom stereocenters. The number of rotatable bonds is 10. The Kier molecular flexibility index (Phi) is 8.61. The summed E-state index contributed by atoms with van der Waals surface area (Å²) in [6.45, 7) is 5.91. The van der Waals surface area contributed by atoms with Crippen molar-refractivity contribution in [2.24, 2.45) is 0 Å². The Hall–Kier alpha value is -2.10. The monoisotopic (exact) mass is 278 g/mol. The largest absolute Gasteiger partial charge is 0.498 e. The van der Waals surface area contributed by atoms with Gasteiger partial charge in [0.2, 0.25) is 0 Å². The molecule has 1 aromatic carbocycles. The number of ether oxygens (including phenoxy) is 4. The molecule has 110 valence electrons. The van der Waals surface area contributed by atoms with Gasteiger partial charge in [0.05, 0.1) is 12.5 Å². The van der Waals surface area contributed by atoms with Crippen molar-refractivity contribution in [2.75, 3.05) is 26.4 Å². The van der Waals surface area contributed by atoms with Crippen LogP contribution in [-0.2, 0) is 9.47 Å². The maximum Gasteiger partial charge on any atom is 0.122 e. The average molecular weight is 278 g/mol. The molecule has 0 fully saturated rings. The van der Waals surface area contributed by atoms with Gasteiger partial charge in [-0.05, 0) is 38.1 Å². The van der Waals surface area contributed by atoms with Crippen molar-refractivity contribution in [3.63, 3.8) is 0 Å². The smallest absolute Gasteiger partial charge is 0.122 e. The minimum atomic E-state index is 0.516. The highest BCUT2D eigenvalue weighted by atomic mass is 16.5. The summed E-state index contributed by atoms with van der Waals surface area (Å²) in [4.78, 5) is 0. The van der Waals surface area contributed by atoms with E-state index in [0.29, 0.717) is 26.4 Å². The Bertz CT molecular complexity index is 356. The lowest BCUT2D eigenvalue weighted by Crippen LogP contribution is -2.05. The molecule has 0 amide bonds. The van der Waals surface area contributed by atoms with Crippen molar-refractivity contribution in [2.45, 2.75) is 13.8 Å². The molecule has 0 saturated heterocycles. The summed E-state index contributed by atoms with van der Waals surface area (Å²) >= 11 is 0. The van der Waals surface area contributed by atoms with Gasteiger partial charge in [-0.25, -0.2) is 0 Å². The molecule has 4 nitrogen and oxygen atoms in total. The molecule has 0 heterocycles. The molecule has 0 aliphatic heterocycles. The SMILES string of the molecule is CC=COCCOc1ccc(OCCOC=CC)cc1. The highest BCUT2D eigenvalue weighted by molar-refractivity contribution is 5.31. The first-order valence-electron chi connectivity index (χ1n) is 6.68. The fraction of sp³-hybridized carbons (Fsp3) is 0.375. The van der Waals surface area contributed by atoms with E-state index in [0.717, 1.165) is 11.5 Å². The molecule has 0 aliphatic carbocycles. The second-order valence-electron chi connectivity index (χ2n) is 3.85. The van der Waals surface area contributed by atoms with Crippen LogP contribution < -0.4 is 9.47 Å². The molecular weight excluding hydrogens is 256 g/mol. The molecule has 1 aromatic rings. The third-order valence-corrected chi connectivity index (χ3v) is 2.23. The topological polar surface area (TPSA) is 36.9 Å². The lowest BCUT2D eigenvalue weighted by atomic mass is 10.3. The summed E-state index contributed by atoms with van der Waals surface area (Å²) in [5, 5.41) is 0. The average Bonchev–Trinajstić information content (AvgIpc) is 2.48. The maximum absolute atomic E-state index is 5.52. The van der Waals surface area contributed by atoms with Crippen LogP contribution in [-0.4, -0.2) is 26.4 Å². The zero-order chi connectivity index (χ0) is 14.5. The normalized spacial score (nSPS) is 10.9. The van der Waals surface area contributed by atoms with Crippen molar-refractivity contribution in [3.05, 3.63) is 48.9 Å². The molecular formula is C16H22O4. The Labute approximate surface area is 120 Å². The Morgan fingerprint density at radius 2 is 1.10 bits per heavy atom. The first kappa shape index (κ1) is 16.0. The van der Waals surface area contributed by atoms with Crippen LogP contribution in [0.3, 0.4) is 0 Å². The second-order valence-corrected chi connectivity index (χ2v) is 3.85. The lowest BCUT2D eigenvalue weighted by Gasteiger charge is -2.08. The van der Waals surface area contributed by atoms with E-state index in [1.54, 1.807) is 12.5 Å². The van der Waals surface area contributed by atoms with E-state index in [2.05, 4.69) is 0 Å². The van der Waals surface area contributed by atoms with E-state index in [9.17, 15) is 0 Å². The fourth-order valence-corrected chi connectivity index (χ4v) is 1.38. The second kappa shape index (κ2) is 10.8. The third kappa shape index (κ3) is 7.36. The van der Waals surface area contributed by atoms with Crippen LogP contribution in [0, 0.1) is 0 Å². The third-order valence-electron chi connectivity index (χ3n) is 2.23. The van der Waals surface area contributed by atoms with Crippen LogP contribution in [0.2, 0.25) is 0 Å². The van der Waals surface area contributed by atoms with Gasteiger partial charge in [0.15, 0.2) is 0 Å². The van der Waals surface area contributed by atoms with Crippen molar-refractivity contribution in [3.8, 4) is 11.5 Å². The van der Waals surface area contributed by atoms with Gasteiger partial charge in [-0.15, -0.1) is 0 Å². The van der Waals surface area contributed by atoms with Crippen molar-refractivity contribution < 1.29 is 18.9 Å². The molecule has 0 spiro atoms. The van der Waals surface area contributed by atoms with E-state index >= 15 is 0 Å². The fourth-order valence-electron chi connectivity index (χ4n) is 1.38. The van der Waals surface area contributed by atoms with Crippen LogP contribution in [0.5, 0.6) is 11.5 Å². The van der Waals surface area contributed by atoms with Crippen molar-refractivity contribution >= 4 is 0 Å². The summed E-state index contributed by atoms with van der Waals surface area (Å²) in [6.07, 6.45) is 6.98. The molecule has 0 saturated carbocycles. The van der Waals surface area contributed by atoms with Crippen molar-refractivity contribution in [1.29, 1.82) is 0 Å². The standard InChI is InChI=1S/C16H22O4/c1-3-9-17-11-13-19-15-5-7-16(8-6-15)20-14-12-18-10-4-2/h3-10H,11-14H2,1-2H3. The van der Waals surface area contributed by atoms with Crippen LogP contribution in [0.4, 0.5) is 0 Å². The number of hydrogen-bond acceptors (Lipinski definition) is 4. The minimum absolute atomic E-state index is 0.516. The Balaban J connectivity index is 2.19. The van der Waals surface area contributed by atoms with E-state index < -0.39 is 0 Å². The van der Waals surface area contributed by atoms with Crippen LogP contribution >= 0.6 is 0 Å². The van der Waals surface area contributed by atoms with Gasteiger partial charge in [-0.2, -0.15) is 0 Å². The van der Waals surface area contributed by atoms with E-state index in [1.165, 1.54) is 0 Å². The molecule has 4 heteroatoms. The summed E-state index contributed by atoms with van der Waals surface area (Å²) in [5.41, 5.74) is 0. The maximum atomic E-state index is 5.52. The summed E-state index contributed by atoms with van der Waals surface area (Å²) in [5.74, 6) is 1.60. The van der Waals surface area contributed by atoms with Gasteiger partial charge >= 0.3 is 0 Å². The number of hydrogen-bond donors (Lipinski definition) is 0. The van der Waals surface area contributed by atoms with Gasteiger partial charge in [0.25, 0.3) is 0 Å². The van der Waals surface area contributed by atoms with Gasteiger partial charge in [-0.1, -0.05) is 12.2 Å². The van der Waals surface area contributed by atoms with Crippen LogP contribution in [0.15, 0.2) is 48.9 Å². The summed E-state index contributed by atoms with van der Waals surface area (Å²) < 4.78 is 21.4. The molecule has 0 aliphatic rings. The quantitative estimate of drug-likeness (QED) is 0.484. The molecule has 1 rings (SSSR count). The first-order chi connectivity index (χ1) is 9.86. The number of allylic oxidation sites excluding steroid dienone is 2. The lowest BCUT2D eigenvalue weighted by molar-refractivity contribution is 0.176. The Morgan fingerprint density at radius 1 is 0.700 bits per heavy atom. The highest BCUT2D eigenvalue weighted by Gasteiger charge is 1.96. The molecule has 0 bridgehead atoms. The molecule has 20 heavy (non-hydrogen) atoms. The van der Waals surface area contributed by atoms with Crippen LogP contribution in [0.1, 0.15) is 13.8 Å². The van der Waals surface area contributed by atoms with Gasteiger partial charge in [0.1, 0.15) is 37.9 Å². The first-order valence-corrected chi connectivity index (χ1v) is 6.68. The van der Waals surface area contributed by atoms with Crippen LogP contribution in [0.25, 0.3) is 0 Å².